The van der Waals surface area contributed by atoms with E-state index in [9.17, 15) is 9.59 Å². The summed E-state index contributed by atoms with van der Waals surface area (Å²) in [6.45, 7) is 1.79. The van der Waals surface area contributed by atoms with Crippen molar-refractivity contribution in [2.75, 3.05) is 17.9 Å². The summed E-state index contributed by atoms with van der Waals surface area (Å²) in [5.41, 5.74) is 2.72. The molecular formula is C11H12ClN3O3. The highest BCUT2D eigenvalue weighted by Gasteiger charge is 2.21. The number of esters is 1. The second-order valence-corrected chi connectivity index (χ2v) is 3.36. The lowest BCUT2D eigenvalue weighted by atomic mass is 10.3. The van der Waals surface area contributed by atoms with Crippen molar-refractivity contribution >= 4 is 34.8 Å². The zero-order chi connectivity index (χ0) is 13.4. The number of halogens is 1. The average Bonchev–Trinajstić information content (AvgIpc) is 2.40. The molecule has 0 unspecified atom stereocenters. The Morgan fingerprint density at radius 2 is 2.33 bits per heavy atom. The minimum Gasteiger partial charge on any atom is -0.461 e. The molecular weight excluding hydrogens is 258 g/mol. The first-order valence-corrected chi connectivity index (χ1v) is 5.72. The normalized spacial score (nSPS) is 10.9. The quantitative estimate of drug-likeness (QED) is 0.276. The summed E-state index contributed by atoms with van der Waals surface area (Å²) < 4.78 is 4.71. The van der Waals surface area contributed by atoms with E-state index in [2.05, 4.69) is 15.5 Å². The van der Waals surface area contributed by atoms with Crippen molar-refractivity contribution in [1.29, 1.82) is 0 Å². The van der Waals surface area contributed by atoms with Crippen molar-refractivity contribution in [3.8, 4) is 0 Å². The van der Waals surface area contributed by atoms with Gasteiger partial charge in [0.05, 0.1) is 24.4 Å². The predicted molar refractivity (Wildman–Crippen MR) is 67.7 cm³/mol. The van der Waals surface area contributed by atoms with Gasteiger partial charge in [-0.2, -0.15) is 5.10 Å². The van der Waals surface area contributed by atoms with E-state index in [-0.39, 0.29) is 18.2 Å². The van der Waals surface area contributed by atoms with Gasteiger partial charge < -0.3 is 4.74 Å². The fourth-order valence-electron chi connectivity index (χ4n) is 1.03. The van der Waals surface area contributed by atoms with Gasteiger partial charge in [0, 0.05) is 6.20 Å². The number of Topliss-reactive ketones (excluding diaryl/α,β-unsaturated/α-hetero) is 1. The monoisotopic (exact) mass is 269 g/mol. The number of hydrazone groups is 1. The van der Waals surface area contributed by atoms with Crippen molar-refractivity contribution in [2.24, 2.45) is 5.10 Å². The predicted octanol–water partition coefficient (Wildman–Crippen LogP) is 1.22. The Hall–Kier alpha value is -1.95. The first-order chi connectivity index (χ1) is 8.69. The molecule has 96 valence electrons. The number of ether oxygens (including phenoxy) is 1. The van der Waals surface area contributed by atoms with Gasteiger partial charge in [-0.05, 0) is 19.1 Å². The third-order valence-electron chi connectivity index (χ3n) is 1.81. The van der Waals surface area contributed by atoms with E-state index in [4.69, 9.17) is 16.3 Å². The van der Waals surface area contributed by atoms with Crippen LogP contribution < -0.4 is 5.43 Å². The zero-order valence-corrected chi connectivity index (χ0v) is 10.5. The molecule has 0 fully saturated rings. The fraction of sp³-hybridized carbons (Fsp3) is 0.273. The number of aromatic nitrogens is 1. The molecule has 0 spiro atoms. The van der Waals surface area contributed by atoms with Crippen LogP contribution >= 0.6 is 11.6 Å². The molecule has 1 heterocycles. The van der Waals surface area contributed by atoms with Crippen LogP contribution in [0.25, 0.3) is 0 Å². The minimum atomic E-state index is -0.806. The number of nitrogens with one attached hydrogen (secondary N) is 1. The highest BCUT2D eigenvalue weighted by atomic mass is 35.5. The lowest BCUT2D eigenvalue weighted by molar-refractivity contribution is -0.135. The molecule has 0 saturated heterocycles. The smallest absolute Gasteiger partial charge is 0.362 e. The van der Waals surface area contributed by atoms with Crippen LogP contribution in [-0.4, -0.2) is 34.9 Å². The summed E-state index contributed by atoms with van der Waals surface area (Å²) in [7, 11) is 0. The molecule has 0 saturated carbocycles. The van der Waals surface area contributed by atoms with Gasteiger partial charge in [-0.25, -0.2) is 4.79 Å². The summed E-state index contributed by atoms with van der Waals surface area (Å²) in [4.78, 5) is 26.8. The largest absolute Gasteiger partial charge is 0.461 e. The van der Waals surface area contributed by atoms with Crippen LogP contribution in [0, 0.1) is 0 Å². The Bertz CT molecular complexity index is 448. The number of rotatable bonds is 6. The van der Waals surface area contributed by atoms with Crippen LogP contribution in [0.2, 0.25) is 0 Å². The molecule has 1 aromatic heterocycles. The van der Waals surface area contributed by atoms with Gasteiger partial charge in [0.1, 0.15) is 0 Å². The number of nitrogens with zero attached hydrogens (tertiary/aromatic N) is 2. The maximum Gasteiger partial charge on any atom is 0.362 e. The molecule has 1 aromatic rings. The second kappa shape index (κ2) is 7.39. The lowest BCUT2D eigenvalue weighted by Crippen LogP contribution is -2.28. The molecule has 0 aliphatic heterocycles. The van der Waals surface area contributed by atoms with Crippen LogP contribution in [0.4, 0.5) is 5.69 Å². The van der Waals surface area contributed by atoms with Crippen LogP contribution in [0.1, 0.15) is 6.92 Å². The van der Waals surface area contributed by atoms with Gasteiger partial charge in [0.25, 0.3) is 0 Å². The number of ketones is 1. The summed E-state index contributed by atoms with van der Waals surface area (Å²) in [6.07, 6.45) is 3.09. The van der Waals surface area contributed by atoms with Gasteiger partial charge in [-0.3, -0.25) is 15.2 Å². The van der Waals surface area contributed by atoms with E-state index >= 15 is 0 Å². The number of carbonyl (C=O) groups excluding carboxylic acids is 2. The maximum absolute atomic E-state index is 11.5. The highest BCUT2D eigenvalue weighted by molar-refractivity contribution is 6.67. The maximum atomic E-state index is 11.5. The number of hydrogen-bond donors (Lipinski definition) is 1. The first kappa shape index (κ1) is 14.1. The molecule has 0 radical (unpaired) electrons. The number of carbonyl (C=O) groups is 2. The Morgan fingerprint density at radius 1 is 1.56 bits per heavy atom. The molecule has 0 amide bonds. The van der Waals surface area contributed by atoms with Gasteiger partial charge in [-0.15, -0.1) is 11.6 Å². The second-order valence-electron chi connectivity index (χ2n) is 3.09. The summed E-state index contributed by atoms with van der Waals surface area (Å²) in [6, 6.07) is 3.37. The van der Waals surface area contributed by atoms with E-state index in [0.29, 0.717) is 5.69 Å². The van der Waals surface area contributed by atoms with Crippen LogP contribution in [0.15, 0.2) is 29.6 Å². The van der Waals surface area contributed by atoms with E-state index in [0.717, 1.165) is 0 Å². The van der Waals surface area contributed by atoms with Crippen molar-refractivity contribution in [3.63, 3.8) is 0 Å². The van der Waals surface area contributed by atoms with Gasteiger partial charge in [0.15, 0.2) is 0 Å². The number of hydrogen-bond acceptors (Lipinski definition) is 6. The first-order valence-electron chi connectivity index (χ1n) is 5.19. The van der Waals surface area contributed by atoms with Crippen LogP contribution in [-0.2, 0) is 14.3 Å². The highest BCUT2D eigenvalue weighted by Crippen LogP contribution is 2.03. The molecule has 0 bridgehead atoms. The number of alkyl halides is 1. The fourth-order valence-corrected chi connectivity index (χ4v) is 1.16. The van der Waals surface area contributed by atoms with E-state index in [1.165, 1.54) is 6.20 Å². The third-order valence-corrected chi connectivity index (χ3v) is 2.06. The van der Waals surface area contributed by atoms with E-state index in [1.54, 1.807) is 25.3 Å². The van der Waals surface area contributed by atoms with Crippen LogP contribution in [0.3, 0.4) is 0 Å². The Kier molecular flexibility index (Phi) is 5.79. The van der Waals surface area contributed by atoms with Gasteiger partial charge in [0.2, 0.25) is 11.5 Å². The average molecular weight is 270 g/mol. The van der Waals surface area contributed by atoms with E-state index in [1.807, 2.05) is 0 Å². The summed E-state index contributed by atoms with van der Waals surface area (Å²) >= 11 is 5.39. The topological polar surface area (TPSA) is 80.7 Å². The molecule has 7 heteroatoms. The Labute approximate surface area is 109 Å². The zero-order valence-electron chi connectivity index (χ0n) is 9.72. The Morgan fingerprint density at radius 3 is 2.89 bits per heavy atom. The summed E-state index contributed by atoms with van der Waals surface area (Å²) in [5.74, 6) is -1.75. The van der Waals surface area contributed by atoms with Crippen molar-refractivity contribution in [3.05, 3.63) is 24.5 Å². The molecule has 6 nitrogen and oxygen atoms in total. The standard InChI is InChI=1S/C11H12ClN3O3/c1-2-18-11(17)10(9(16)6-12)15-14-8-4-3-5-13-7-8/h3-5,7,14H,2,6H2,1H3/b15-10+. The van der Waals surface area contributed by atoms with Crippen molar-refractivity contribution < 1.29 is 14.3 Å². The Balaban J connectivity index is 2.83. The van der Waals surface area contributed by atoms with E-state index < -0.39 is 11.8 Å². The lowest BCUT2D eigenvalue weighted by Gasteiger charge is -2.04. The van der Waals surface area contributed by atoms with Gasteiger partial charge in [-0.1, -0.05) is 0 Å². The SMILES string of the molecule is CCOC(=O)/C(=N/Nc1cccnc1)C(=O)CCl. The number of pyridine rings is 1. The summed E-state index contributed by atoms with van der Waals surface area (Å²) in [5, 5.41) is 3.70. The third kappa shape index (κ3) is 4.14. The number of anilines is 1. The molecule has 0 aromatic carbocycles. The van der Waals surface area contributed by atoms with Gasteiger partial charge >= 0.3 is 5.97 Å². The molecule has 0 aliphatic rings. The molecule has 0 aliphatic carbocycles. The molecule has 1 rings (SSSR count). The molecule has 0 atom stereocenters. The molecule has 1 N–H and O–H groups in total. The molecule has 18 heavy (non-hydrogen) atoms. The van der Waals surface area contributed by atoms with Crippen molar-refractivity contribution in [2.45, 2.75) is 6.92 Å². The van der Waals surface area contributed by atoms with Crippen molar-refractivity contribution in [1.82, 2.24) is 4.98 Å². The van der Waals surface area contributed by atoms with Crippen LogP contribution in [0.5, 0.6) is 0 Å². The minimum absolute atomic E-state index is 0.153.